The van der Waals surface area contributed by atoms with Crippen LogP contribution in [-0.4, -0.2) is 31.4 Å². The van der Waals surface area contributed by atoms with E-state index in [1.54, 1.807) is 12.1 Å². The summed E-state index contributed by atoms with van der Waals surface area (Å²) in [5, 5.41) is 35.1. The number of ether oxygens (including phenoxy) is 3. The van der Waals surface area contributed by atoms with Crippen LogP contribution in [0.1, 0.15) is 11.5 Å². The van der Waals surface area contributed by atoms with Crippen LogP contribution in [0.25, 0.3) is 0 Å². The van der Waals surface area contributed by atoms with Crippen LogP contribution < -0.4 is 14.2 Å². The fourth-order valence-corrected chi connectivity index (χ4v) is 3.68. The van der Waals surface area contributed by atoms with Crippen molar-refractivity contribution < 1.29 is 14.2 Å². The number of hydrogen-bond acceptors (Lipinski definition) is 8. The highest BCUT2D eigenvalue weighted by Gasteiger charge is 2.44. The van der Waals surface area contributed by atoms with Gasteiger partial charge in [-0.25, -0.2) is 0 Å². The Bertz CT molecular complexity index is 734. The van der Waals surface area contributed by atoms with E-state index in [0.29, 0.717) is 22.8 Å². The lowest BCUT2D eigenvalue weighted by Gasteiger charge is -2.33. The minimum Gasteiger partial charge on any atom is -0.493 e. The Morgan fingerprint density at radius 1 is 0.917 bits per heavy atom. The Hall–Kier alpha value is -2.71. The molecule has 0 saturated carbocycles. The van der Waals surface area contributed by atoms with Gasteiger partial charge in [0.05, 0.1) is 43.6 Å². The van der Waals surface area contributed by atoms with Crippen molar-refractivity contribution in [1.82, 2.24) is 0 Å². The molecule has 0 radical (unpaired) electrons. The predicted molar refractivity (Wildman–Crippen MR) is 90.1 cm³/mol. The van der Waals surface area contributed by atoms with E-state index < -0.39 is 17.8 Å². The lowest BCUT2D eigenvalue weighted by Crippen LogP contribution is -2.34. The Balaban J connectivity index is 2.71. The van der Waals surface area contributed by atoms with Crippen molar-refractivity contribution in [3.63, 3.8) is 0 Å². The summed E-state index contributed by atoms with van der Waals surface area (Å²) >= 11 is 0.861. The molecule has 1 aromatic carbocycles. The van der Waals surface area contributed by atoms with Crippen LogP contribution in [0, 0.1) is 45.3 Å². The van der Waals surface area contributed by atoms with Crippen molar-refractivity contribution in [2.75, 3.05) is 21.3 Å². The molecule has 0 aromatic heterocycles. The molecule has 0 bridgehead atoms. The molecule has 0 aliphatic carbocycles. The van der Waals surface area contributed by atoms with Gasteiger partial charge in [-0.05, 0) is 6.07 Å². The van der Waals surface area contributed by atoms with Crippen molar-refractivity contribution in [3.05, 3.63) is 17.7 Å². The van der Waals surface area contributed by atoms with Crippen molar-refractivity contribution in [1.29, 1.82) is 21.3 Å². The molecule has 1 saturated heterocycles. The van der Waals surface area contributed by atoms with Crippen LogP contribution in [0.2, 0.25) is 0 Å². The van der Waals surface area contributed by atoms with E-state index in [1.807, 2.05) is 0 Å². The van der Waals surface area contributed by atoms with Gasteiger partial charge < -0.3 is 14.2 Å². The van der Waals surface area contributed by atoms with Gasteiger partial charge in [-0.2, -0.15) is 10.5 Å². The Labute approximate surface area is 144 Å². The van der Waals surface area contributed by atoms with E-state index in [0.717, 1.165) is 11.8 Å². The van der Waals surface area contributed by atoms with Crippen molar-refractivity contribution in [2.24, 2.45) is 11.8 Å². The van der Waals surface area contributed by atoms with Crippen LogP contribution in [0.4, 0.5) is 0 Å². The first-order valence-electron chi connectivity index (χ1n) is 6.96. The van der Waals surface area contributed by atoms with Gasteiger partial charge in [-0.15, -0.1) is 0 Å². The molecule has 2 atom stereocenters. The molecule has 2 N–H and O–H groups in total. The van der Waals surface area contributed by atoms with Gasteiger partial charge in [-0.1, -0.05) is 17.8 Å². The Morgan fingerprint density at radius 2 is 1.46 bits per heavy atom. The fraction of sp³-hybridized carbons (Fsp3) is 0.375. The molecule has 24 heavy (non-hydrogen) atoms. The molecule has 1 aliphatic heterocycles. The third-order valence-corrected chi connectivity index (χ3v) is 4.82. The lowest BCUT2D eigenvalue weighted by molar-refractivity contribution is 0.319. The van der Waals surface area contributed by atoms with Crippen molar-refractivity contribution >= 4 is 21.8 Å². The standard InChI is InChI=1S/C16H16N4O3S/c1-21-11-5-4-8(13(22-2)14(11)23-3)12-9(6-17)15(19)24-16(20)10(12)7-18/h4-5,9-10,12,19-20H,1-3H3. The summed E-state index contributed by atoms with van der Waals surface area (Å²) in [5.41, 5.74) is 0.544. The van der Waals surface area contributed by atoms with Crippen LogP contribution in [0.5, 0.6) is 17.2 Å². The molecule has 7 nitrogen and oxygen atoms in total. The first-order chi connectivity index (χ1) is 11.5. The quantitative estimate of drug-likeness (QED) is 0.865. The van der Waals surface area contributed by atoms with E-state index in [-0.39, 0.29) is 10.1 Å². The maximum absolute atomic E-state index is 9.50. The molecular formula is C16H16N4O3S. The molecule has 124 valence electrons. The van der Waals surface area contributed by atoms with Gasteiger partial charge in [0.15, 0.2) is 11.5 Å². The molecule has 1 aromatic rings. The summed E-state index contributed by atoms with van der Waals surface area (Å²) in [5.74, 6) is -1.20. The Kier molecular flexibility index (Phi) is 5.32. The number of benzene rings is 1. The van der Waals surface area contributed by atoms with Crippen LogP contribution in [-0.2, 0) is 0 Å². The second kappa shape index (κ2) is 7.24. The zero-order valence-electron chi connectivity index (χ0n) is 13.4. The van der Waals surface area contributed by atoms with Crippen LogP contribution in [0.3, 0.4) is 0 Å². The summed E-state index contributed by atoms with van der Waals surface area (Å²) < 4.78 is 16.0. The summed E-state index contributed by atoms with van der Waals surface area (Å²) in [4.78, 5) is 0. The molecule has 1 aliphatic rings. The lowest BCUT2D eigenvalue weighted by atomic mass is 9.77. The van der Waals surface area contributed by atoms with Gasteiger partial charge in [0, 0.05) is 11.5 Å². The molecule has 0 spiro atoms. The first kappa shape index (κ1) is 17.6. The average molecular weight is 344 g/mol. The van der Waals surface area contributed by atoms with E-state index in [4.69, 9.17) is 25.0 Å². The minimum atomic E-state index is -0.833. The van der Waals surface area contributed by atoms with E-state index >= 15 is 0 Å². The third kappa shape index (κ3) is 2.77. The summed E-state index contributed by atoms with van der Waals surface area (Å²) in [6.45, 7) is 0. The molecule has 1 heterocycles. The fourth-order valence-electron chi connectivity index (χ4n) is 2.79. The molecule has 8 heteroatoms. The number of rotatable bonds is 4. The molecule has 2 unspecified atom stereocenters. The van der Waals surface area contributed by atoms with Crippen LogP contribution in [0.15, 0.2) is 12.1 Å². The second-order valence-corrected chi connectivity index (χ2v) is 6.08. The normalized spacial score (nSPS) is 23.1. The highest BCUT2D eigenvalue weighted by atomic mass is 32.2. The summed E-state index contributed by atoms with van der Waals surface area (Å²) in [6, 6.07) is 7.52. The summed E-state index contributed by atoms with van der Waals surface area (Å²) in [7, 11) is 4.42. The molecule has 1 fully saturated rings. The highest BCUT2D eigenvalue weighted by molar-refractivity contribution is 8.26. The van der Waals surface area contributed by atoms with E-state index in [1.165, 1.54) is 21.3 Å². The van der Waals surface area contributed by atoms with Crippen molar-refractivity contribution in [3.8, 4) is 29.4 Å². The zero-order chi connectivity index (χ0) is 17.9. The van der Waals surface area contributed by atoms with E-state index in [2.05, 4.69) is 12.1 Å². The van der Waals surface area contributed by atoms with Gasteiger partial charge in [-0.3, -0.25) is 10.8 Å². The smallest absolute Gasteiger partial charge is 0.203 e. The van der Waals surface area contributed by atoms with Crippen LogP contribution >= 0.6 is 11.8 Å². The SMILES string of the molecule is COc1ccc(C2C(C#N)C(=N)SC(=N)C2C#N)c(OC)c1OC. The predicted octanol–water partition coefficient (Wildman–Crippen LogP) is 2.78. The van der Waals surface area contributed by atoms with Gasteiger partial charge in [0.25, 0.3) is 0 Å². The second-order valence-electron chi connectivity index (χ2n) is 4.99. The Morgan fingerprint density at radius 3 is 1.88 bits per heavy atom. The topological polar surface area (TPSA) is 123 Å². The average Bonchev–Trinajstić information content (AvgIpc) is 2.59. The number of hydrogen-bond donors (Lipinski definition) is 2. The minimum absolute atomic E-state index is 0.0517. The van der Waals surface area contributed by atoms with Gasteiger partial charge >= 0.3 is 0 Å². The monoisotopic (exact) mass is 344 g/mol. The maximum Gasteiger partial charge on any atom is 0.203 e. The maximum atomic E-state index is 9.50. The third-order valence-electron chi connectivity index (χ3n) is 3.88. The largest absolute Gasteiger partial charge is 0.493 e. The number of thioether (sulfide) groups is 1. The molecular weight excluding hydrogens is 328 g/mol. The van der Waals surface area contributed by atoms with Crippen molar-refractivity contribution in [2.45, 2.75) is 5.92 Å². The summed E-state index contributed by atoms with van der Waals surface area (Å²) in [6.07, 6.45) is 0. The van der Waals surface area contributed by atoms with Gasteiger partial charge in [0.1, 0.15) is 11.8 Å². The number of nitrogens with zero attached hydrogens (tertiary/aromatic N) is 2. The molecule has 0 amide bonds. The highest BCUT2D eigenvalue weighted by Crippen LogP contribution is 2.49. The number of nitrogens with one attached hydrogen (secondary N) is 2. The number of nitriles is 2. The van der Waals surface area contributed by atoms with Gasteiger partial charge in [0.2, 0.25) is 5.75 Å². The number of methoxy groups -OCH3 is 3. The molecule has 2 rings (SSSR count). The van der Waals surface area contributed by atoms with E-state index in [9.17, 15) is 10.5 Å². The first-order valence-corrected chi connectivity index (χ1v) is 7.78. The zero-order valence-corrected chi connectivity index (χ0v) is 14.2.